The van der Waals surface area contributed by atoms with Gasteiger partial charge in [0, 0.05) is 30.9 Å². The predicted octanol–water partition coefficient (Wildman–Crippen LogP) is 2.90. The molecule has 1 saturated heterocycles. The van der Waals surface area contributed by atoms with Gasteiger partial charge < -0.3 is 10.2 Å². The minimum Gasteiger partial charge on any atom is -0.383 e. The van der Waals surface area contributed by atoms with Crippen LogP contribution in [0.5, 0.6) is 0 Å². The molecule has 1 fully saturated rings. The van der Waals surface area contributed by atoms with Gasteiger partial charge in [-0.3, -0.25) is 4.90 Å². The summed E-state index contributed by atoms with van der Waals surface area (Å²) in [6.45, 7) is 9.24. The van der Waals surface area contributed by atoms with Crippen LogP contribution in [0.15, 0.2) is 30.3 Å². The van der Waals surface area contributed by atoms with Crippen LogP contribution in [0, 0.1) is 0 Å². The van der Waals surface area contributed by atoms with Gasteiger partial charge >= 0.3 is 0 Å². The first-order valence-corrected chi connectivity index (χ1v) is 7.94. The molecule has 0 radical (unpaired) electrons. The topological polar surface area (TPSA) is 18.5 Å². The number of likely N-dealkylation sites (N-methyl/N-ethyl adjacent to an activating group) is 2. The summed E-state index contributed by atoms with van der Waals surface area (Å²) >= 11 is 0. The predicted molar refractivity (Wildman–Crippen MR) is 87.3 cm³/mol. The van der Waals surface area contributed by atoms with Crippen molar-refractivity contribution in [1.82, 2.24) is 9.80 Å². The quantitative estimate of drug-likeness (QED) is 0.825. The van der Waals surface area contributed by atoms with E-state index in [1.807, 2.05) is 0 Å². The number of hydrogen-bond acceptors (Lipinski definition) is 3. The van der Waals surface area contributed by atoms with Crippen LogP contribution in [0.4, 0.5) is 5.69 Å². The van der Waals surface area contributed by atoms with E-state index in [9.17, 15) is 0 Å². The molecule has 1 heterocycles. The lowest BCUT2D eigenvalue weighted by molar-refractivity contribution is 0.174. The van der Waals surface area contributed by atoms with E-state index < -0.39 is 0 Å². The van der Waals surface area contributed by atoms with Gasteiger partial charge in [0.2, 0.25) is 0 Å². The molecule has 2 unspecified atom stereocenters. The maximum absolute atomic E-state index is 3.52. The molecule has 0 aliphatic carbocycles. The molecule has 0 aromatic heterocycles. The van der Waals surface area contributed by atoms with Crippen LogP contribution in [0.3, 0.4) is 0 Å². The van der Waals surface area contributed by atoms with Crippen molar-refractivity contribution in [2.24, 2.45) is 0 Å². The van der Waals surface area contributed by atoms with Crippen LogP contribution in [-0.2, 0) is 0 Å². The Balaban J connectivity index is 1.75. The Morgan fingerprint density at radius 3 is 2.80 bits per heavy atom. The highest BCUT2D eigenvalue weighted by molar-refractivity contribution is 5.42. The number of nitrogens with one attached hydrogen (secondary N) is 1. The molecule has 112 valence electrons. The third-order valence-electron chi connectivity index (χ3n) is 4.53. The highest BCUT2D eigenvalue weighted by Crippen LogP contribution is 2.18. The van der Waals surface area contributed by atoms with Crippen molar-refractivity contribution >= 4 is 5.69 Å². The first-order valence-electron chi connectivity index (χ1n) is 7.94. The van der Waals surface area contributed by atoms with Gasteiger partial charge in [-0.25, -0.2) is 0 Å². The monoisotopic (exact) mass is 275 g/mol. The fourth-order valence-corrected chi connectivity index (χ4v) is 3.01. The molecule has 20 heavy (non-hydrogen) atoms. The van der Waals surface area contributed by atoms with E-state index >= 15 is 0 Å². The second-order valence-electron chi connectivity index (χ2n) is 5.96. The number of likely N-dealkylation sites (tertiary alicyclic amines) is 1. The molecule has 1 aliphatic rings. The average molecular weight is 275 g/mol. The number of para-hydroxylation sites is 1. The van der Waals surface area contributed by atoms with Crippen molar-refractivity contribution in [3.05, 3.63) is 30.3 Å². The zero-order valence-electron chi connectivity index (χ0n) is 13.2. The highest BCUT2D eigenvalue weighted by Gasteiger charge is 2.25. The molecule has 2 atom stereocenters. The standard InChI is InChI=1S/C17H29N3/c1-4-20-12-8-11-17(20)14-19(3)15(2)13-18-16-9-6-5-7-10-16/h5-7,9-10,15,17-18H,4,8,11-14H2,1-3H3. The summed E-state index contributed by atoms with van der Waals surface area (Å²) in [5.41, 5.74) is 1.21. The molecule has 2 rings (SSSR count). The number of anilines is 1. The summed E-state index contributed by atoms with van der Waals surface area (Å²) in [5, 5.41) is 3.52. The second kappa shape index (κ2) is 7.65. The number of rotatable bonds is 7. The summed E-state index contributed by atoms with van der Waals surface area (Å²) in [7, 11) is 2.25. The largest absolute Gasteiger partial charge is 0.383 e. The fraction of sp³-hybridized carbons (Fsp3) is 0.647. The second-order valence-corrected chi connectivity index (χ2v) is 5.96. The van der Waals surface area contributed by atoms with Crippen molar-refractivity contribution in [2.75, 3.05) is 38.5 Å². The molecular weight excluding hydrogens is 246 g/mol. The van der Waals surface area contributed by atoms with E-state index in [1.165, 1.54) is 38.2 Å². The summed E-state index contributed by atoms with van der Waals surface area (Å²) in [6, 6.07) is 11.8. The van der Waals surface area contributed by atoms with Crippen LogP contribution in [0.2, 0.25) is 0 Å². The SMILES string of the molecule is CCN1CCCC1CN(C)C(C)CNc1ccccc1. The van der Waals surface area contributed by atoms with Crippen molar-refractivity contribution < 1.29 is 0 Å². The third kappa shape index (κ3) is 4.22. The molecule has 0 spiro atoms. The van der Waals surface area contributed by atoms with E-state index in [4.69, 9.17) is 0 Å². The van der Waals surface area contributed by atoms with Crippen LogP contribution < -0.4 is 5.32 Å². The molecule has 3 nitrogen and oxygen atoms in total. The lowest BCUT2D eigenvalue weighted by atomic mass is 10.2. The van der Waals surface area contributed by atoms with E-state index in [2.05, 4.69) is 66.3 Å². The summed E-state index contributed by atoms with van der Waals surface area (Å²) < 4.78 is 0. The number of nitrogens with zero attached hydrogens (tertiary/aromatic N) is 2. The molecule has 3 heteroatoms. The molecular formula is C17H29N3. The van der Waals surface area contributed by atoms with E-state index in [0.717, 1.165) is 12.6 Å². The Morgan fingerprint density at radius 1 is 1.35 bits per heavy atom. The van der Waals surface area contributed by atoms with Gasteiger partial charge in [-0.2, -0.15) is 0 Å². The van der Waals surface area contributed by atoms with Gasteiger partial charge in [0.05, 0.1) is 0 Å². The fourth-order valence-electron chi connectivity index (χ4n) is 3.01. The highest BCUT2D eigenvalue weighted by atomic mass is 15.2. The Labute approximate surface area is 124 Å². The smallest absolute Gasteiger partial charge is 0.0340 e. The lowest BCUT2D eigenvalue weighted by Gasteiger charge is -2.31. The minimum absolute atomic E-state index is 0.550. The number of hydrogen-bond donors (Lipinski definition) is 1. The molecule has 0 amide bonds. The van der Waals surface area contributed by atoms with Gasteiger partial charge in [0.25, 0.3) is 0 Å². The molecule has 1 aromatic carbocycles. The van der Waals surface area contributed by atoms with Gasteiger partial charge in [-0.05, 0) is 52.0 Å². The van der Waals surface area contributed by atoms with Crippen LogP contribution >= 0.6 is 0 Å². The van der Waals surface area contributed by atoms with Crippen LogP contribution in [0.25, 0.3) is 0 Å². The molecule has 0 saturated carbocycles. The molecule has 1 N–H and O–H groups in total. The first kappa shape index (κ1) is 15.3. The normalized spacial score (nSPS) is 21.3. The van der Waals surface area contributed by atoms with Crippen molar-refractivity contribution in [1.29, 1.82) is 0 Å². The molecule has 1 aromatic rings. The van der Waals surface area contributed by atoms with Gasteiger partial charge in [0.15, 0.2) is 0 Å². The van der Waals surface area contributed by atoms with E-state index in [-0.39, 0.29) is 0 Å². The summed E-state index contributed by atoms with van der Waals surface area (Å²) in [4.78, 5) is 5.11. The van der Waals surface area contributed by atoms with E-state index in [0.29, 0.717) is 6.04 Å². The zero-order chi connectivity index (χ0) is 14.4. The zero-order valence-corrected chi connectivity index (χ0v) is 13.2. The van der Waals surface area contributed by atoms with Gasteiger partial charge in [-0.15, -0.1) is 0 Å². The third-order valence-corrected chi connectivity index (χ3v) is 4.53. The Morgan fingerprint density at radius 2 is 2.10 bits per heavy atom. The van der Waals surface area contributed by atoms with Gasteiger partial charge in [0.1, 0.15) is 0 Å². The summed E-state index contributed by atoms with van der Waals surface area (Å²) in [6.07, 6.45) is 2.72. The average Bonchev–Trinajstić information content (AvgIpc) is 2.93. The molecule has 1 aliphatic heterocycles. The van der Waals surface area contributed by atoms with Crippen molar-refractivity contribution in [3.8, 4) is 0 Å². The van der Waals surface area contributed by atoms with Gasteiger partial charge in [-0.1, -0.05) is 25.1 Å². The van der Waals surface area contributed by atoms with E-state index in [1.54, 1.807) is 0 Å². The maximum atomic E-state index is 3.52. The summed E-state index contributed by atoms with van der Waals surface area (Å²) in [5.74, 6) is 0. The van der Waals surface area contributed by atoms with Crippen LogP contribution in [0.1, 0.15) is 26.7 Å². The first-order chi connectivity index (χ1) is 9.70. The Hall–Kier alpha value is -1.06. The lowest BCUT2D eigenvalue weighted by Crippen LogP contribution is -2.44. The van der Waals surface area contributed by atoms with Crippen molar-refractivity contribution in [3.63, 3.8) is 0 Å². The number of benzene rings is 1. The Bertz CT molecular complexity index is 379. The molecule has 0 bridgehead atoms. The van der Waals surface area contributed by atoms with Crippen molar-refractivity contribution in [2.45, 2.75) is 38.8 Å². The Kier molecular flexibility index (Phi) is 5.86. The minimum atomic E-state index is 0.550. The van der Waals surface area contributed by atoms with Crippen LogP contribution in [-0.4, -0.2) is 55.1 Å². The maximum Gasteiger partial charge on any atom is 0.0340 e.